The summed E-state index contributed by atoms with van der Waals surface area (Å²) in [6.45, 7) is 8.08. The maximum Gasteiger partial charge on any atom is 0.321 e. The molecule has 14 heavy (non-hydrogen) atoms. The van der Waals surface area contributed by atoms with Crippen LogP contribution in [0.25, 0.3) is 0 Å². The Balaban J connectivity index is 2.37. The van der Waals surface area contributed by atoms with Crippen molar-refractivity contribution in [2.75, 3.05) is 13.1 Å². The molecule has 0 atom stereocenters. The summed E-state index contributed by atoms with van der Waals surface area (Å²) >= 11 is 0. The highest BCUT2D eigenvalue weighted by molar-refractivity contribution is 5.75. The molecule has 80 valence electrons. The summed E-state index contributed by atoms with van der Waals surface area (Å²) in [5.74, 6) is 0.494. The van der Waals surface area contributed by atoms with E-state index in [0.29, 0.717) is 5.92 Å². The van der Waals surface area contributed by atoms with Crippen molar-refractivity contribution in [3.63, 3.8) is 0 Å². The standard InChI is InChI=1S/C11H20N2O/c1-9(2)10(3)8-12-11(14)13-6-4-5-7-13/h8-9H,4-7H2,1-3H3,(H,12,14)/b10-8+. The van der Waals surface area contributed by atoms with E-state index in [1.165, 1.54) is 5.57 Å². The minimum Gasteiger partial charge on any atom is -0.325 e. The van der Waals surface area contributed by atoms with Crippen LogP contribution in [-0.2, 0) is 0 Å². The average Bonchev–Trinajstić information content (AvgIpc) is 2.66. The molecule has 3 heteroatoms. The highest BCUT2D eigenvalue weighted by Crippen LogP contribution is 2.08. The molecular weight excluding hydrogens is 176 g/mol. The van der Waals surface area contributed by atoms with E-state index in [0.717, 1.165) is 25.9 Å². The summed E-state index contributed by atoms with van der Waals surface area (Å²) in [5.41, 5.74) is 1.21. The first-order valence-corrected chi connectivity index (χ1v) is 5.33. The zero-order chi connectivity index (χ0) is 10.6. The summed E-state index contributed by atoms with van der Waals surface area (Å²) in [5, 5.41) is 2.83. The third-order valence-electron chi connectivity index (χ3n) is 2.73. The molecule has 1 N–H and O–H groups in total. The number of urea groups is 1. The van der Waals surface area contributed by atoms with Crippen LogP contribution in [0.5, 0.6) is 0 Å². The van der Waals surface area contributed by atoms with E-state index < -0.39 is 0 Å². The monoisotopic (exact) mass is 196 g/mol. The topological polar surface area (TPSA) is 32.3 Å². The van der Waals surface area contributed by atoms with Gasteiger partial charge in [0.1, 0.15) is 0 Å². The molecule has 1 rings (SSSR count). The fraction of sp³-hybridized carbons (Fsp3) is 0.727. The van der Waals surface area contributed by atoms with Crippen LogP contribution >= 0.6 is 0 Å². The van der Waals surface area contributed by atoms with Gasteiger partial charge in [-0.15, -0.1) is 0 Å². The van der Waals surface area contributed by atoms with Crippen LogP contribution in [0.4, 0.5) is 4.79 Å². The summed E-state index contributed by atoms with van der Waals surface area (Å²) < 4.78 is 0. The van der Waals surface area contributed by atoms with Crippen LogP contribution in [0.3, 0.4) is 0 Å². The quantitative estimate of drug-likeness (QED) is 0.722. The van der Waals surface area contributed by atoms with Crippen molar-refractivity contribution in [3.05, 3.63) is 11.8 Å². The smallest absolute Gasteiger partial charge is 0.321 e. The molecule has 1 aliphatic heterocycles. The van der Waals surface area contributed by atoms with Gasteiger partial charge in [0, 0.05) is 19.3 Å². The van der Waals surface area contributed by atoms with Crippen molar-refractivity contribution in [1.82, 2.24) is 10.2 Å². The molecule has 0 spiro atoms. The van der Waals surface area contributed by atoms with Gasteiger partial charge in [0.25, 0.3) is 0 Å². The van der Waals surface area contributed by atoms with Crippen molar-refractivity contribution < 1.29 is 4.79 Å². The molecule has 0 unspecified atom stereocenters. The fourth-order valence-electron chi connectivity index (χ4n) is 1.35. The number of rotatable bonds is 2. The first-order valence-electron chi connectivity index (χ1n) is 5.33. The molecule has 0 aromatic rings. The second-order valence-corrected chi connectivity index (χ2v) is 4.19. The molecule has 1 heterocycles. The number of nitrogens with zero attached hydrogens (tertiary/aromatic N) is 1. The summed E-state index contributed by atoms with van der Waals surface area (Å²) in [6, 6.07) is 0.0440. The maximum absolute atomic E-state index is 11.5. The molecule has 1 saturated heterocycles. The molecule has 2 amide bonds. The predicted octanol–water partition coefficient (Wildman–Crippen LogP) is 2.35. The Morgan fingerprint density at radius 2 is 1.93 bits per heavy atom. The Hall–Kier alpha value is -0.990. The van der Waals surface area contributed by atoms with Crippen LogP contribution in [0, 0.1) is 5.92 Å². The van der Waals surface area contributed by atoms with Gasteiger partial charge in [0.15, 0.2) is 0 Å². The fourth-order valence-corrected chi connectivity index (χ4v) is 1.35. The van der Waals surface area contributed by atoms with E-state index in [1.807, 2.05) is 18.0 Å². The highest BCUT2D eigenvalue weighted by atomic mass is 16.2. The van der Waals surface area contributed by atoms with Gasteiger partial charge in [0.2, 0.25) is 0 Å². The molecule has 3 nitrogen and oxygen atoms in total. The first kappa shape index (κ1) is 11.1. The first-order chi connectivity index (χ1) is 6.61. The molecule has 0 aromatic carbocycles. The van der Waals surface area contributed by atoms with E-state index in [-0.39, 0.29) is 6.03 Å². The zero-order valence-electron chi connectivity index (χ0n) is 9.34. The summed E-state index contributed by atoms with van der Waals surface area (Å²) in [4.78, 5) is 13.4. The van der Waals surface area contributed by atoms with Crippen LogP contribution in [0.15, 0.2) is 11.8 Å². The van der Waals surface area contributed by atoms with Gasteiger partial charge in [-0.2, -0.15) is 0 Å². The third kappa shape index (κ3) is 3.05. The molecule has 1 aliphatic rings. The number of allylic oxidation sites excluding steroid dienone is 1. The summed E-state index contributed by atoms with van der Waals surface area (Å²) in [6.07, 6.45) is 4.10. The number of carbonyl (C=O) groups excluding carboxylic acids is 1. The van der Waals surface area contributed by atoms with E-state index in [2.05, 4.69) is 19.2 Å². The van der Waals surface area contributed by atoms with Crippen molar-refractivity contribution >= 4 is 6.03 Å². The molecule has 0 saturated carbocycles. The number of hydrogen-bond acceptors (Lipinski definition) is 1. The minimum absolute atomic E-state index is 0.0440. The molecule has 0 bridgehead atoms. The number of hydrogen-bond donors (Lipinski definition) is 1. The third-order valence-corrected chi connectivity index (χ3v) is 2.73. The van der Waals surface area contributed by atoms with Crippen LogP contribution < -0.4 is 5.32 Å². The van der Waals surface area contributed by atoms with Crippen molar-refractivity contribution in [1.29, 1.82) is 0 Å². The number of nitrogens with one attached hydrogen (secondary N) is 1. The van der Waals surface area contributed by atoms with Crippen molar-refractivity contribution in [2.24, 2.45) is 5.92 Å². The number of likely N-dealkylation sites (tertiary alicyclic amines) is 1. The van der Waals surface area contributed by atoms with E-state index in [4.69, 9.17) is 0 Å². The van der Waals surface area contributed by atoms with Crippen LogP contribution in [0.1, 0.15) is 33.6 Å². The second kappa shape index (κ2) is 5.03. The van der Waals surface area contributed by atoms with E-state index in [1.54, 1.807) is 0 Å². The second-order valence-electron chi connectivity index (χ2n) is 4.19. The van der Waals surface area contributed by atoms with Gasteiger partial charge in [0.05, 0.1) is 0 Å². The Labute approximate surface area is 86.2 Å². The average molecular weight is 196 g/mol. The van der Waals surface area contributed by atoms with Crippen LogP contribution in [0.2, 0.25) is 0 Å². The predicted molar refractivity (Wildman–Crippen MR) is 57.9 cm³/mol. The normalized spacial score (nSPS) is 17.7. The Bertz CT molecular complexity index is 227. The SMILES string of the molecule is C/C(=C\NC(=O)N1CCCC1)C(C)C. The van der Waals surface area contributed by atoms with Gasteiger partial charge in [-0.25, -0.2) is 4.79 Å². The highest BCUT2D eigenvalue weighted by Gasteiger charge is 2.16. The molecular formula is C11H20N2O. The lowest BCUT2D eigenvalue weighted by atomic mass is 10.1. The Kier molecular flexibility index (Phi) is 3.98. The van der Waals surface area contributed by atoms with E-state index >= 15 is 0 Å². The largest absolute Gasteiger partial charge is 0.325 e. The summed E-state index contributed by atoms with van der Waals surface area (Å²) in [7, 11) is 0. The maximum atomic E-state index is 11.5. The zero-order valence-corrected chi connectivity index (χ0v) is 9.34. The van der Waals surface area contributed by atoms with Gasteiger partial charge in [-0.05, 0) is 25.7 Å². The van der Waals surface area contributed by atoms with Crippen molar-refractivity contribution in [3.8, 4) is 0 Å². The lowest BCUT2D eigenvalue weighted by Gasteiger charge is -2.15. The van der Waals surface area contributed by atoms with Gasteiger partial charge >= 0.3 is 6.03 Å². The van der Waals surface area contributed by atoms with E-state index in [9.17, 15) is 4.79 Å². The molecule has 1 fully saturated rings. The van der Waals surface area contributed by atoms with Crippen LogP contribution in [-0.4, -0.2) is 24.0 Å². The van der Waals surface area contributed by atoms with Gasteiger partial charge < -0.3 is 10.2 Å². The minimum atomic E-state index is 0.0440. The molecule has 0 aliphatic carbocycles. The molecule has 0 aromatic heterocycles. The number of amides is 2. The number of carbonyl (C=O) groups is 1. The lowest BCUT2D eigenvalue weighted by molar-refractivity contribution is 0.212. The van der Waals surface area contributed by atoms with Crippen molar-refractivity contribution in [2.45, 2.75) is 33.6 Å². The van der Waals surface area contributed by atoms with Gasteiger partial charge in [-0.3, -0.25) is 0 Å². The molecule has 0 radical (unpaired) electrons. The lowest BCUT2D eigenvalue weighted by Crippen LogP contribution is -2.35. The Morgan fingerprint density at radius 1 is 1.36 bits per heavy atom. The Morgan fingerprint density at radius 3 is 2.43 bits per heavy atom. The van der Waals surface area contributed by atoms with Gasteiger partial charge in [-0.1, -0.05) is 19.4 Å².